The third-order valence-electron chi connectivity index (χ3n) is 8.54. The highest BCUT2D eigenvalue weighted by molar-refractivity contribution is 6.43. The fourth-order valence-electron chi connectivity index (χ4n) is 6.03. The van der Waals surface area contributed by atoms with E-state index in [9.17, 15) is 18.0 Å². The predicted molar refractivity (Wildman–Crippen MR) is 162 cm³/mol. The molecule has 2 atom stereocenters. The molecule has 3 aromatic rings. The van der Waals surface area contributed by atoms with Crippen molar-refractivity contribution in [2.24, 2.45) is 10.9 Å². The van der Waals surface area contributed by atoms with Gasteiger partial charge in [-0.2, -0.15) is 13.2 Å². The number of hydrogen-bond acceptors (Lipinski definition) is 7. The van der Waals surface area contributed by atoms with E-state index >= 15 is 0 Å². The maximum atomic E-state index is 13.6. The summed E-state index contributed by atoms with van der Waals surface area (Å²) in [6.45, 7) is 6.64. The number of carbonyl (C=O) groups excluding carboxylic acids is 1. The minimum absolute atomic E-state index is 0.0477. The molecule has 1 N–H and O–H groups in total. The number of alkyl halides is 3. The molecule has 228 valence electrons. The number of dihydropyridines is 1. The number of piperazine rings is 1. The van der Waals surface area contributed by atoms with E-state index in [-0.39, 0.29) is 23.1 Å². The van der Waals surface area contributed by atoms with Crippen molar-refractivity contribution < 1.29 is 18.0 Å². The normalized spacial score (nSPS) is 20.6. The lowest BCUT2D eigenvalue weighted by Gasteiger charge is -2.39. The summed E-state index contributed by atoms with van der Waals surface area (Å²) in [7, 11) is 0. The summed E-state index contributed by atoms with van der Waals surface area (Å²) in [5.41, 5.74) is 3.60. The summed E-state index contributed by atoms with van der Waals surface area (Å²) in [6, 6.07) is 7.79. The summed E-state index contributed by atoms with van der Waals surface area (Å²) < 4.78 is 41.9. The van der Waals surface area contributed by atoms with Crippen LogP contribution in [0.15, 0.2) is 58.5 Å². The number of amides is 1. The second-order valence-corrected chi connectivity index (χ2v) is 11.7. The Labute approximate surface area is 253 Å². The molecule has 0 saturated carbocycles. The van der Waals surface area contributed by atoms with E-state index in [2.05, 4.69) is 44.5 Å². The molecule has 2 saturated heterocycles. The SMILES string of the molecule is CC1=C(Cl)C(N2CCN(C(=O)C(C)Nc3c(-c4ccc(N5CCCC5)cc4)nc4cnccn34)CC2)=NCC1C(F)(F)F. The van der Waals surface area contributed by atoms with Crippen LogP contribution in [0.4, 0.5) is 24.7 Å². The standard InChI is InChI=1S/C30H34ClF3N8O/c1-19-23(30(32,33)34)17-36-27(25(19)31)40-13-15-41(16-14-40)29(43)20(2)37-28-26(38-24-18-35-9-12-42(24)28)21-5-7-22(8-6-21)39-10-3-4-11-39/h5-9,12,18,20,23,37H,3-4,10-11,13-17H2,1-2H3. The number of nitrogens with zero attached hydrogens (tertiary/aromatic N) is 7. The van der Waals surface area contributed by atoms with Crippen molar-refractivity contribution in [2.45, 2.75) is 38.9 Å². The molecule has 3 aliphatic heterocycles. The Morgan fingerprint density at radius 1 is 1.05 bits per heavy atom. The molecule has 6 rings (SSSR count). The van der Waals surface area contributed by atoms with Crippen LogP contribution < -0.4 is 10.2 Å². The zero-order valence-electron chi connectivity index (χ0n) is 24.1. The third-order valence-corrected chi connectivity index (χ3v) is 9.01. The molecule has 0 bridgehead atoms. The Morgan fingerprint density at radius 2 is 1.74 bits per heavy atom. The van der Waals surface area contributed by atoms with Gasteiger partial charge in [0.2, 0.25) is 5.91 Å². The van der Waals surface area contributed by atoms with Crippen LogP contribution in [-0.2, 0) is 4.79 Å². The van der Waals surface area contributed by atoms with E-state index in [0.29, 0.717) is 43.5 Å². The van der Waals surface area contributed by atoms with Gasteiger partial charge in [-0.15, -0.1) is 0 Å². The lowest BCUT2D eigenvalue weighted by atomic mass is 9.96. The van der Waals surface area contributed by atoms with E-state index in [1.54, 1.807) is 17.3 Å². The lowest BCUT2D eigenvalue weighted by Crippen LogP contribution is -2.54. The second-order valence-electron chi connectivity index (χ2n) is 11.3. The van der Waals surface area contributed by atoms with E-state index in [1.165, 1.54) is 25.5 Å². The molecule has 2 aromatic heterocycles. The number of anilines is 2. The van der Waals surface area contributed by atoms with Gasteiger partial charge in [-0.25, -0.2) is 4.98 Å². The predicted octanol–water partition coefficient (Wildman–Crippen LogP) is 5.04. The van der Waals surface area contributed by atoms with Gasteiger partial charge in [0.25, 0.3) is 0 Å². The number of hydrogen-bond donors (Lipinski definition) is 1. The van der Waals surface area contributed by atoms with Crippen molar-refractivity contribution in [3.8, 4) is 11.3 Å². The van der Waals surface area contributed by atoms with E-state index < -0.39 is 18.1 Å². The summed E-state index contributed by atoms with van der Waals surface area (Å²) in [5, 5.41) is 3.45. The van der Waals surface area contributed by atoms with Gasteiger partial charge in [-0.05, 0) is 44.4 Å². The number of halogens is 4. The lowest BCUT2D eigenvalue weighted by molar-refractivity contribution is -0.161. The van der Waals surface area contributed by atoms with Crippen LogP contribution >= 0.6 is 11.6 Å². The Kier molecular flexibility index (Phi) is 7.97. The number of aliphatic imine (C=N–C) groups is 1. The molecule has 43 heavy (non-hydrogen) atoms. The Morgan fingerprint density at radius 3 is 2.42 bits per heavy atom. The highest BCUT2D eigenvalue weighted by atomic mass is 35.5. The first kappa shape index (κ1) is 29.3. The molecule has 0 radical (unpaired) electrons. The van der Waals surface area contributed by atoms with Crippen molar-refractivity contribution >= 4 is 40.5 Å². The minimum atomic E-state index is -4.39. The van der Waals surface area contributed by atoms with E-state index in [1.807, 2.05) is 22.4 Å². The Bertz CT molecular complexity index is 1550. The van der Waals surface area contributed by atoms with Crippen molar-refractivity contribution in [1.29, 1.82) is 0 Å². The van der Waals surface area contributed by atoms with Crippen molar-refractivity contribution in [1.82, 2.24) is 24.2 Å². The molecule has 0 spiro atoms. The maximum Gasteiger partial charge on any atom is 0.397 e. The van der Waals surface area contributed by atoms with E-state index in [0.717, 1.165) is 24.3 Å². The molecule has 0 aliphatic carbocycles. The van der Waals surface area contributed by atoms with Crippen LogP contribution in [0.1, 0.15) is 26.7 Å². The van der Waals surface area contributed by atoms with Gasteiger partial charge in [0, 0.05) is 62.9 Å². The molecular weight excluding hydrogens is 581 g/mol. The summed E-state index contributed by atoms with van der Waals surface area (Å²) in [4.78, 5) is 32.8. The average Bonchev–Trinajstić information content (AvgIpc) is 3.67. The molecule has 2 fully saturated rings. The molecule has 1 aromatic carbocycles. The summed E-state index contributed by atoms with van der Waals surface area (Å²) in [6.07, 6.45) is 3.21. The Hall–Kier alpha value is -3.80. The topological polar surface area (TPSA) is 81.4 Å². The van der Waals surface area contributed by atoms with Crippen LogP contribution in [0.5, 0.6) is 0 Å². The number of aromatic nitrogens is 3. The quantitative estimate of drug-likeness (QED) is 0.434. The number of carbonyl (C=O) groups is 1. The Balaban J connectivity index is 1.14. The number of fused-ring (bicyclic) bond motifs is 1. The number of benzene rings is 1. The van der Waals surface area contributed by atoms with Gasteiger partial charge in [-0.1, -0.05) is 23.7 Å². The number of rotatable bonds is 5. The third kappa shape index (κ3) is 5.76. The minimum Gasteiger partial charge on any atom is -0.372 e. The monoisotopic (exact) mass is 614 g/mol. The maximum absolute atomic E-state index is 13.6. The zero-order chi connectivity index (χ0) is 30.3. The largest absolute Gasteiger partial charge is 0.397 e. The van der Waals surface area contributed by atoms with Crippen molar-refractivity contribution in [2.75, 3.05) is 56.0 Å². The highest BCUT2D eigenvalue weighted by Crippen LogP contribution is 2.38. The number of amidine groups is 1. The first-order valence-corrected chi connectivity index (χ1v) is 14.9. The first-order valence-electron chi connectivity index (χ1n) is 14.6. The first-order chi connectivity index (χ1) is 20.6. The van der Waals surface area contributed by atoms with Crippen LogP contribution in [-0.4, -0.2) is 93.9 Å². The number of imidazole rings is 1. The van der Waals surface area contributed by atoms with Gasteiger partial charge >= 0.3 is 6.18 Å². The highest BCUT2D eigenvalue weighted by Gasteiger charge is 2.44. The molecule has 2 unspecified atom stereocenters. The summed E-state index contributed by atoms with van der Waals surface area (Å²) >= 11 is 6.35. The van der Waals surface area contributed by atoms with Crippen LogP contribution in [0.25, 0.3) is 16.9 Å². The second kappa shape index (κ2) is 11.7. The van der Waals surface area contributed by atoms with Crippen LogP contribution in [0.2, 0.25) is 0 Å². The average molecular weight is 615 g/mol. The van der Waals surface area contributed by atoms with Gasteiger partial charge < -0.3 is 20.0 Å². The van der Waals surface area contributed by atoms with Crippen molar-refractivity contribution in [3.63, 3.8) is 0 Å². The van der Waals surface area contributed by atoms with E-state index in [4.69, 9.17) is 16.6 Å². The molecular formula is C30H34ClF3N8O. The fourth-order valence-corrected chi connectivity index (χ4v) is 6.34. The molecule has 13 heteroatoms. The van der Waals surface area contributed by atoms with Crippen LogP contribution in [0.3, 0.4) is 0 Å². The van der Waals surface area contributed by atoms with Crippen LogP contribution in [0, 0.1) is 5.92 Å². The number of nitrogens with one attached hydrogen (secondary N) is 1. The molecule has 1 amide bonds. The molecule has 9 nitrogen and oxygen atoms in total. The summed E-state index contributed by atoms with van der Waals surface area (Å²) in [5.74, 6) is -0.673. The van der Waals surface area contributed by atoms with Gasteiger partial charge in [-0.3, -0.25) is 19.2 Å². The fraction of sp³-hybridized carbons (Fsp3) is 0.467. The van der Waals surface area contributed by atoms with Crippen molar-refractivity contribution in [3.05, 3.63) is 53.5 Å². The van der Waals surface area contributed by atoms with Gasteiger partial charge in [0.15, 0.2) is 5.65 Å². The smallest absolute Gasteiger partial charge is 0.372 e. The van der Waals surface area contributed by atoms with Gasteiger partial charge in [0.1, 0.15) is 23.4 Å². The zero-order valence-corrected chi connectivity index (χ0v) is 24.9. The molecule has 5 heterocycles. The molecule has 3 aliphatic rings. The van der Waals surface area contributed by atoms with Gasteiger partial charge in [0.05, 0.1) is 23.7 Å².